The monoisotopic (exact) mass is 506 g/mol. The van der Waals surface area contributed by atoms with Crippen molar-refractivity contribution < 1.29 is 27.3 Å². The Kier molecular flexibility index (Phi) is 8.02. The number of alkyl halides is 1. The summed E-state index contributed by atoms with van der Waals surface area (Å²) in [5.74, 6) is -3.02. The molecule has 2 amide bonds. The summed E-state index contributed by atoms with van der Waals surface area (Å²) >= 11 is 0. The van der Waals surface area contributed by atoms with E-state index in [1.165, 1.54) is 18.6 Å². The highest BCUT2D eigenvalue weighted by Crippen LogP contribution is 2.29. The van der Waals surface area contributed by atoms with E-state index in [2.05, 4.69) is 20.7 Å². The molecule has 7 nitrogen and oxygen atoms in total. The highest BCUT2D eigenvalue weighted by Gasteiger charge is 2.39. The van der Waals surface area contributed by atoms with Crippen LogP contribution in [0.25, 0.3) is 11.3 Å². The Morgan fingerprint density at radius 1 is 1.14 bits per heavy atom. The number of benzene rings is 1. The van der Waals surface area contributed by atoms with Crippen LogP contribution in [0.1, 0.15) is 62.9 Å². The maximum atomic E-state index is 14.1. The van der Waals surface area contributed by atoms with Crippen molar-refractivity contribution in [2.75, 3.05) is 19.8 Å². The van der Waals surface area contributed by atoms with Crippen LogP contribution >= 0.6 is 0 Å². The van der Waals surface area contributed by atoms with Gasteiger partial charge in [-0.25, -0.2) is 13.2 Å². The van der Waals surface area contributed by atoms with E-state index in [9.17, 15) is 22.8 Å². The number of carbonyl (C=O) groups is 2. The fraction of sp³-hybridized carbons (Fsp3) is 0.577. The van der Waals surface area contributed by atoms with Crippen LogP contribution in [0.2, 0.25) is 0 Å². The molecule has 1 saturated carbocycles. The molecule has 1 saturated heterocycles. The number of hydrogen-bond donors (Lipinski definition) is 2. The Labute approximate surface area is 208 Å². The van der Waals surface area contributed by atoms with Gasteiger partial charge in [0.05, 0.1) is 17.0 Å². The minimum Gasteiger partial charge on any atom is -0.355 e. The molecule has 0 bridgehead atoms. The molecule has 0 radical (unpaired) electrons. The van der Waals surface area contributed by atoms with Crippen LogP contribution in [0.15, 0.2) is 28.8 Å². The fourth-order valence-electron chi connectivity index (χ4n) is 5.09. The predicted molar refractivity (Wildman–Crippen MR) is 128 cm³/mol. The Balaban J connectivity index is 1.49. The SMILES string of the molecule is CC(C)(CF)NC(=O)[C@@H]1CN(C2CCCCC2)CC[C@H]1NC(=O)c1cc(-c2ccc(F)cc2F)on1. The van der Waals surface area contributed by atoms with Crippen molar-refractivity contribution in [3.05, 3.63) is 41.6 Å². The van der Waals surface area contributed by atoms with Gasteiger partial charge in [0.15, 0.2) is 11.5 Å². The molecule has 2 aromatic rings. The van der Waals surface area contributed by atoms with E-state index in [4.69, 9.17) is 4.52 Å². The van der Waals surface area contributed by atoms with Crippen LogP contribution in [-0.2, 0) is 4.79 Å². The first-order valence-electron chi connectivity index (χ1n) is 12.5. The van der Waals surface area contributed by atoms with Gasteiger partial charge in [-0.2, -0.15) is 0 Å². The highest BCUT2D eigenvalue weighted by molar-refractivity contribution is 5.94. The zero-order valence-corrected chi connectivity index (χ0v) is 20.7. The number of likely N-dealkylation sites (tertiary alicyclic amines) is 1. The first-order chi connectivity index (χ1) is 17.2. The number of amides is 2. The molecule has 2 fully saturated rings. The Morgan fingerprint density at radius 3 is 2.58 bits per heavy atom. The summed E-state index contributed by atoms with van der Waals surface area (Å²) in [6.45, 7) is 3.72. The molecule has 1 aliphatic heterocycles. The van der Waals surface area contributed by atoms with Gasteiger partial charge in [0.2, 0.25) is 5.91 Å². The van der Waals surface area contributed by atoms with Crippen molar-refractivity contribution in [2.45, 2.75) is 70.0 Å². The summed E-state index contributed by atoms with van der Waals surface area (Å²) in [5.41, 5.74) is -1.11. The predicted octanol–water partition coefficient (Wildman–Crippen LogP) is 4.24. The third-order valence-corrected chi connectivity index (χ3v) is 7.12. The standard InChI is InChI=1S/C26H33F3N4O3/c1-26(2,15-27)31-24(34)19-14-33(17-6-4-3-5-7-17)11-10-21(19)30-25(35)22-13-23(36-32-22)18-9-8-16(28)12-20(18)29/h8-9,12-13,17,19,21H,3-7,10-11,14-15H2,1-2H3,(H,30,35)(H,31,34)/t19-,21-/m1/s1. The quantitative estimate of drug-likeness (QED) is 0.587. The van der Waals surface area contributed by atoms with Crippen molar-refractivity contribution in [1.29, 1.82) is 0 Å². The lowest BCUT2D eigenvalue weighted by Gasteiger charge is -2.43. The van der Waals surface area contributed by atoms with Crippen LogP contribution < -0.4 is 10.6 Å². The summed E-state index contributed by atoms with van der Waals surface area (Å²) in [5, 5.41) is 9.41. The largest absolute Gasteiger partial charge is 0.355 e. The van der Waals surface area contributed by atoms with E-state index in [1.54, 1.807) is 13.8 Å². The number of nitrogens with zero attached hydrogens (tertiary/aromatic N) is 2. The number of hydrogen-bond acceptors (Lipinski definition) is 5. The van der Waals surface area contributed by atoms with Gasteiger partial charge in [-0.15, -0.1) is 0 Å². The summed E-state index contributed by atoms with van der Waals surface area (Å²) in [4.78, 5) is 28.5. The number of carbonyl (C=O) groups excluding carboxylic acids is 2. The molecule has 0 unspecified atom stereocenters. The normalized spacial score (nSPS) is 21.8. The highest BCUT2D eigenvalue weighted by atomic mass is 19.1. The summed E-state index contributed by atoms with van der Waals surface area (Å²) in [6.07, 6.45) is 6.27. The minimum atomic E-state index is -1.01. The summed E-state index contributed by atoms with van der Waals surface area (Å²) in [6, 6.07) is 4.22. The molecule has 2 heterocycles. The topological polar surface area (TPSA) is 87.5 Å². The molecule has 1 aliphatic carbocycles. The second-order valence-electron chi connectivity index (χ2n) is 10.5. The van der Waals surface area contributed by atoms with E-state index >= 15 is 0 Å². The van der Waals surface area contributed by atoms with Gasteiger partial charge in [-0.1, -0.05) is 24.4 Å². The van der Waals surface area contributed by atoms with E-state index in [-0.39, 0.29) is 22.9 Å². The lowest BCUT2D eigenvalue weighted by Crippen LogP contribution is -2.60. The average molecular weight is 507 g/mol. The van der Waals surface area contributed by atoms with E-state index < -0.39 is 41.7 Å². The van der Waals surface area contributed by atoms with Crippen molar-refractivity contribution in [2.24, 2.45) is 5.92 Å². The van der Waals surface area contributed by atoms with Crippen molar-refractivity contribution in [3.63, 3.8) is 0 Å². The van der Waals surface area contributed by atoms with Crippen LogP contribution in [-0.4, -0.2) is 59.3 Å². The lowest BCUT2D eigenvalue weighted by molar-refractivity contribution is -0.130. The molecule has 2 atom stereocenters. The third kappa shape index (κ3) is 6.08. The maximum Gasteiger partial charge on any atom is 0.273 e. The van der Waals surface area contributed by atoms with Gasteiger partial charge in [0.1, 0.15) is 18.3 Å². The first-order valence-corrected chi connectivity index (χ1v) is 12.5. The van der Waals surface area contributed by atoms with Gasteiger partial charge in [-0.3, -0.25) is 14.5 Å². The zero-order chi connectivity index (χ0) is 25.9. The smallest absolute Gasteiger partial charge is 0.273 e. The van der Waals surface area contributed by atoms with Gasteiger partial charge in [0, 0.05) is 37.3 Å². The second kappa shape index (κ2) is 11.0. The Morgan fingerprint density at radius 2 is 1.89 bits per heavy atom. The van der Waals surface area contributed by atoms with Gasteiger partial charge in [0.25, 0.3) is 5.91 Å². The molecule has 10 heteroatoms. The van der Waals surface area contributed by atoms with Crippen LogP contribution in [0.4, 0.5) is 13.2 Å². The molecule has 2 aliphatic rings. The van der Waals surface area contributed by atoms with Crippen LogP contribution in [0.5, 0.6) is 0 Å². The number of aromatic nitrogens is 1. The van der Waals surface area contributed by atoms with Crippen molar-refractivity contribution in [3.8, 4) is 11.3 Å². The molecular formula is C26H33F3N4O3. The van der Waals surface area contributed by atoms with E-state index in [0.717, 1.165) is 44.4 Å². The number of rotatable bonds is 7. The van der Waals surface area contributed by atoms with Crippen LogP contribution in [0, 0.1) is 17.6 Å². The summed E-state index contributed by atoms with van der Waals surface area (Å²) < 4.78 is 45.9. The summed E-state index contributed by atoms with van der Waals surface area (Å²) in [7, 11) is 0. The van der Waals surface area contributed by atoms with Crippen molar-refractivity contribution >= 4 is 11.8 Å². The minimum absolute atomic E-state index is 0.0104. The number of nitrogens with one attached hydrogen (secondary N) is 2. The maximum absolute atomic E-state index is 14.1. The van der Waals surface area contributed by atoms with Gasteiger partial charge in [-0.05, 0) is 45.2 Å². The molecule has 0 spiro atoms. The fourth-order valence-corrected chi connectivity index (χ4v) is 5.09. The molecule has 1 aromatic heterocycles. The molecule has 2 N–H and O–H groups in total. The van der Waals surface area contributed by atoms with Crippen molar-refractivity contribution in [1.82, 2.24) is 20.7 Å². The molecule has 36 heavy (non-hydrogen) atoms. The Bertz CT molecular complexity index is 1080. The average Bonchev–Trinajstić information content (AvgIpc) is 3.34. The molecular weight excluding hydrogens is 473 g/mol. The van der Waals surface area contributed by atoms with Gasteiger partial charge >= 0.3 is 0 Å². The second-order valence-corrected chi connectivity index (χ2v) is 10.5. The zero-order valence-electron chi connectivity index (χ0n) is 20.7. The molecule has 4 rings (SSSR count). The third-order valence-electron chi connectivity index (χ3n) is 7.12. The Hall–Kier alpha value is -2.88. The lowest BCUT2D eigenvalue weighted by atomic mass is 9.86. The van der Waals surface area contributed by atoms with Crippen LogP contribution in [0.3, 0.4) is 0 Å². The molecule has 1 aromatic carbocycles. The first kappa shape index (κ1) is 26.2. The molecule has 196 valence electrons. The van der Waals surface area contributed by atoms with E-state index in [1.807, 2.05) is 0 Å². The van der Waals surface area contributed by atoms with Gasteiger partial charge < -0.3 is 15.2 Å². The number of piperidine rings is 1. The number of halogens is 3. The van der Waals surface area contributed by atoms with E-state index in [0.29, 0.717) is 19.0 Å².